The van der Waals surface area contributed by atoms with Crippen LogP contribution in [0.5, 0.6) is 0 Å². The van der Waals surface area contributed by atoms with Crippen molar-refractivity contribution in [3.63, 3.8) is 0 Å². The molecule has 0 aliphatic carbocycles. The zero-order valence-electron chi connectivity index (χ0n) is 12.5. The van der Waals surface area contributed by atoms with Crippen LogP contribution in [0.3, 0.4) is 0 Å². The van der Waals surface area contributed by atoms with Crippen LogP contribution in [0.15, 0.2) is 30.3 Å². The Morgan fingerprint density at radius 1 is 1.04 bits per heavy atom. The molecule has 0 unspecified atom stereocenters. The number of nitrogens with one attached hydrogen (secondary N) is 1. The van der Waals surface area contributed by atoms with Gasteiger partial charge in [0.05, 0.1) is 21.5 Å². The largest absolute Gasteiger partial charge is 0.455 e. The summed E-state index contributed by atoms with van der Waals surface area (Å²) in [6.45, 7) is 0.308. The number of thiophene rings is 1. The Bertz CT molecular complexity index is 933. The number of Topliss-reactive ketones (excluding diaryl/α,β-unsaturated/α-hetero) is 1. The molecule has 3 rings (SSSR count). The summed E-state index contributed by atoms with van der Waals surface area (Å²) in [5.41, 5.74) is 2.54. The van der Waals surface area contributed by atoms with Crippen molar-refractivity contribution >= 4 is 45.8 Å². The molecule has 25 heavy (non-hydrogen) atoms. The monoisotopic (exact) mass is 385 g/mol. The van der Waals surface area contributed by atoms with Gasteiger partial charge in [-0.05, 0) is 36.2 Å². The van der Waals surface area contributed by atoms with Crippen LogP contribution in [0.1, 0.15) is 24.9 Å². The highest BCUT2D eigenvalue weighted by Gasteiger charge is 2.40. The highest BCUT2D eigenvalue weighted by Crippen LogP contribution is 2.26. The van der Waals surface area contributed by atoms with E-state index in [2.05, 4.69) is 14.1 Å². The van der Waals surface area contributed by atoms with E-state index in [0.717, 1.165) is 34.4 Å². The number of hydrogen-bond acceptors (Lipinski definition) is 6. The number of rotatable bonds is 5. The number of alkyl halides is 3. The number of carbonyl (C=O) groups excluding carboxylic acids is 2. The molecule has 1 amide bonds. The summed E-state index contributed by atoms with van der Waals surface area (Å²) in [6, 6.07) is 7.81. The van der Waals surface area contributed by atoms with Crippen molar-refractivity contribution < 1.29 is 22.8 Å². The van der Waals surface area contributed by atoms with Gasteiger partial charge in [-0.1, -0.05) is 6.07 Å². The van der Waals surface area contributed by atoms with Crippen molar-refractivity contribution in [3.05, 3.63) is 45.6 Å². The lowest BCUT2D eigenvalue weighted by atomic mass is 10.1. The molecule has 1 N–H and O–H groups in total. The van der Waals surface area contributed by atoms with Gasteiger partial charge in [0.25, 0.3) is 11.7 Å². The fraction of sp³-hybridized carbons (Fsp3) is 0.200. The topological polar surface area (TPSA) is 72.0 Å². The number of ketones is 1. The van der Waals surface area contributed by atoms with E-state index >= 15 is 0 Å². The number of fused-ring (bicyclic) bond motifs is 1. The molecule has 0 saturated carbocycles. The number of amides is 1. The lowest BCUT2D eigenvalue weighted by Gasteiger charge is -2.04. The zero-order chi connectivity index (χ0) is 18.0. The van der Waals surface area contributed by atoms with Gasteiger partial charge in [0.2, 0.25) is 0 Å². The van der Waals surface area contributed by atoms with Crippen molar-refractivity contribution in [3.8, 4) is 0 Å². The summed E-state index contributed by atoms with van der Waals surface area (Å²) in [5, 5.41) is 2.63. The van der Waals surface area contributed by atoms with Gasteiger partial charge in [0.15, 0.2) is 0 Å². The maximum absolute atomic E-state index is 12.4. The first kappa shape index (κ1) is 17.5. The third-order valence-corrected chi connectivity index (χ3v) is 4.97. The first-order chi connectivity index (χ1) is 11.8. The summed E-state index contributed by atoms with van der Waals surface area (Å²) < 4.78 is 45.3. The number of benzene rings is 1. The minimum atomic E-state index is -4.94. The molecule has 0 fully saturated rings. The van der Waals surface area contributed by atoms with Crippen molar-refractivity contribution in [2.24, 2.45) is 0 Å². The Morgan fingerprint density at radius 2 is 1.76 bits per heavy atom. The van der Waals surface area contributed by atoms with Gasteiger partial charge in [-0.15, -0.1) is 11.3 Å². The minimum Gasteiger partial charge on any atom is -0.351 e. The average Bonchev–Trinajstić information content (AvgIpc) is 3.22. The molecular formula is C15H10F3N3O2S2. The number of halogens is 3. The van der Waals surface area contributed by atoms with Gasteiger partial charge >= 0.3 is 6.18 Å². The lowest BCUT2D eigenvalue weighted by Crippen LogP contribution is -2.25. The molecule has 130 valence electrons. The Morgan fingerprint density at radius 3 is 2.52 bits per heavy atom. The van der Waals surface area contributed by atoms with Crippen molar-refractivity contribution in [2.45, 2.75) is 12.6 Å². The summed E-state index contributed by atoms with van der Waals surface area (Å²) in [4.78, 5) is 22.7. The van der Waals surface area contributed by atoms with E-state index in [9.17, 15) is 22.8 Å². The second-order valence-electron chi connectivity index (χ2n) is 5.08. The van der Waals surface area contributed by atoms with Gasteiger partial charge in [-0.25, -0.2) is 0 Å². The first-order valence-electron chi connectivity index (χ1n) is 7.05. The highest BCUT2D eigenvalue weighted by atomic mass is 32.1. The number of hydrogen-bond donors (Lipinski definition) is 1. The number of nitrogens with zero attached hydrogens (tertiary/aromatic N) is 2. The van der Waals surface area contributed by atoms with E-state index in [1.807, 2.05) is 18.2 Å². The molecule has 0 spiro atoms. The van der Waals surface area contributed by atoms with E-state index in [0.29, 0.717) is 24.3 Å². The molecule has 2 heterocycles. The van der Waals surface area contributed by atoms with Crippen LogP contribution < -0.4 is 5.32 Å². The van der Waals surface area contributed by atoms with E-state index in [1.54, 1.807) is 0 Å². The smallest absolute Gasteiger partial charge is 0.351 e. The molecule has 1 aromatic carbocycles. The Hall–Kier alpha value is -2.33. The first-order valence-corrected chi connectivity index (χ1v) is 8.60. The SMILES string of the molecule is O=C(NCCc1ccc2nsnc2c1)c1ccc(C(=O)C(F)(F)F)s1. The second-order valence-corrected chi connectivity index (χ2v) is 6.70. The van der Waals surface area contributed by atoms with Crippen molar-refractivity contribution in [1.82, 2.24) is 14.1 Å². The average molecular weight is 385 g/mol. The van der Waals surface area contributed by atoms with Gasteiger partial charge < -0.3 is 5.32 Å². The zero-order valence-corrected chi connectivity index (χ0v) is 14.1. The van der Waals surface area contributed by atoms with E-state index < -0.39 is 22.7 Å². The maximum Gasteiger partial charge on any atom is 0.455 e. The van der Waals surface area contributed by atoms with Crippen molar-refractivity contribution in [1.29, 1.82) is 0 Å². The molecule has 0 aliphatic rings. The predicted molar refractivity (Wildman–Crippen MR) is 88.2 cm³/mol. The molecule has 0 aliphatic heterocycles. The molecule has 5 nitrogen and oxygen atoms in total. The van der Waals surface area contributed by atoms with Gasteiger partial charge in [0.1, 0.15) is 11.0 Å². The van der Waals surface area contributed by atoms with Crippen LogP contribution in [0.2, 0.25) is 0 Å². The Kier molecular flexibility index (Phi) is 4.82. The standard InChI is InChI=1S/C15H10F3N3O2S2/c16-15(17,18)13(22)11-3-4-12(24-11)14(23)19-6-5-8-1-2-9-10(7-8)21-25-20-9/h1-4,7H,5-6H2,(H,19,23). The van der Waals surface area contributed by atoms with Crippen molar-refractivity contribution in [2.75, 3.05) is 6.54 Å². The third-order valence-electron chi connectivity index (χ3n) is 3.33. The quantitative estimate of drug-likeness (QED) is 0.683. The maximum atomic E-state index is 12.4. The summed E-state index contributed by atoms with van der Waals surface area (Å²) >= 11 is 1.64. The van der Waals surface area contributed by atoms with Crippen LogP contribution >= 0.6 is 23.1 Å². The molecule has 0 bridgehead atoms. The number of aromatic nitrogens is 2. The van der Waals surface area contributed by atoms with Gasteiger partial charge in [0, 0.05) is 6.54 Å². The van der Waals surface area contributed by atoms with Crippen LogP contribution in [0, 0.1) is 0 Å². The molecule has 2 aromatic heterocycles. The normalized spacial score (nSPS) is 11.6. The van der Waals surface area contributed by atoms with E-state index in [4.69, 9.17) is 0 Å². The molecule has 0 saturated heterocycles. The molecule has 10 heteroatoms. The Labute approximate surface area is 147 Å². The summed E-state index contributed by atoms with van der Waals surface area (Å²) in [5.74, 6) is -2.45. The minimum absolute atomic E-state index is 0.0618. The number of carbonyl (C=O) groups is 2. The fourth-order valence-electron chi connectivity index (χ4n) is 2.11. The van der Waals surface area contributed by atoms with Crippen LogP contribution in [-0.2, 0) is 6.42 Å². The Balaban J connectivity index is 1.57. The van der Waals surface area contributed by atoms with Crippen LogP contribution in [0.4, 0.5) is 13.2 Å². The van der Waals surface area contributed by atoms with Crippen LogP contribution in [0.25, 0.3) is 11.0 Å². The molecule has 0 radical (unpaired) electrons. The highest BCUT2D eigenvalue weighted by molar-refractivity contribution is 7.16. The predicted octanol–water partition coefficient (Wildman–Crippen LogP) is 3.47. The summed E-state index contributed by atoms with van der Waals surface area (Å²) in [6.07, 6.45) is -4.40. The fourth-order valence-corrected chi connectivity index (χ4v) is 3.51. The lowest BCUT2D eigenvalue weighted by molar-refractivity contribution is -0.0882. The van der Waals surface area contributed by atoms with Crippen LogP contribution in [-0.4, -0.2) is 33.2 Å². The van der Waals surface area contributed by atoms with E-state index in [-0.39, 0.29) is 4.88 Å². The molecule has 0 atom stereocenters. The molecule has 3 aromatic rings. The van der Waals surface area contributed by atoms with Gasteiger partial charge in [-0.2, -0.15) is 21.9 Å². The van der Waals surface area contributed by atoms with Gasteiger partial charge in [-0.3, -0.25) is 9.59 Å². The third kappa shape index (κ3) is 4.02. The summed E-state index contributed by atoms with van der Waals surface area (Å²) in [7, 11) is 0. The molecular weight excluding hydrogens is 375 g/mol. The second kappa shape index (κ2) is 6.89. The van der Waals surface area contributed by atoms with E-state index in [1.165, 1.54) is 6.07 Å².